The van der Waals surface area contributed by atoms with Gasteiger partial charge in [0.05, 0.1) is 0 Å². The predicted molar refractivity (Wildman–Crippen MR) is 81.4 cm³/mol. The summed E-state index contributed by atoms with van der Waals surface area (Å²) in [5, 5.41) is 0. The van der Waals surface area contributed by atoms with E-state index >= 15 is 0 Å². The maximum atomic E-state index is 4.43. The lowest BCUT2D eigenvalue weighted by molar-refractivity contribution is 0.791. The molecule has 3 rings (SSSR count). The van der Waals surface area contributed by atoms with Crippen molar-refractivity contribution in [3.8, 4) is 0 Å². The second-order valence-corrected chi connectivity index (χ2v) is 5.58. The smallest absolute Gasteiger partial charge is 0.136 e. The number of imidazole rings is 1. The van der Waals surface area contributed by atoms with Crippen LogP contribution in [0.3, 0.4) is 0 Å². The first-order valence-corrected chi connectivity index (χ1v) is 7.28. The Morgan fingerprint density at radius 1 is 1.00 bits per heavy atom. The second kappa shape index (κ2) is 5.57. The van der Waals surface area contributed by atoms with E-state index in [1.165, 1.54) is 11.3 Å². The van der Waals surface area contributed by atoms with Crippen molar-refractivity contribution in [3.05, 3.63) is 70.6 Å². The van der Waals surface area contributed by atoms with Crippen molar-refractivity contribution >= 4 is 21.6 Å². The number of fused-ring (bicyclic) bond motifs is 1. The van der Waals surface area contributed by atoms with E-state index in [2.05, 4.69) is 61.8 Å². The number of hydrogen-bond acceptors (Lipinski definition) is 1. The SMILES string of the molecule is Brc1ccc2ncc(CCCc3ccccc3)n2c1. The van der Waals surface area contributed by atoms with Gasteiger partial charge in [-0.15, -0.1) is 0 Å². The van der Waals surface area contributed by atoms with Gasteiger partial charge in [0.1, 0.15) is 5.65 Å². The van der Waals surface area contributed by atoms with Crippen molar-refractivity contribution in [2.24, 2.45) is 0 Å². The summed E-state index contributed by atoms with van der Waals surface area (Å²) in [5.74, 6) is 0. The number of halogens is 1. The van der Waals surface area contributed by atoms with Gasteiger partial charge >= 0.3 is 0 Å². The van der Waals surface area contributed by atoms with Crippen molar-refractivity contribution in [3.63, 3.8) is 0 Å². The van der Waals surface area contributed by atoms with Gasteiger partial charge in [-0.25, -0.2) is 4.98 Å². The van der Waals surface area contributed by atoms with E-state index in [1.54, 1.807) is 0 Å². The Bertz CT molecular complexity index is 674. The van der Waals surface area contributed by atoms with Crippen molar-refractivity contribution in [1.29, 1.82) is 0 Å². The van der Waals surface area contributed by atoms with E-state index in [1.807, 2.05) is 18.3 Å². The largest absolute Gasteiger partial charge is 0.303 e. The molecule has 96 valence electrons. The van der Waals surface area contributed by atoms with Crippen LogP contribution in [-0.4, -0.2) is 9.38 Å². The number of pyridine rings is 1. The highest BCUT2D eigenvalue weighted by molar-refractivity contribution is 9.10. The van der Waals surface area contributed by atoms with E-state index in [-0.39, 0.29) is 0 Å². The first-order valence-electron chi connectivity index (χ1n) is 6.48. The molecule has 19 heavy (non-hydrogen) atoms. The summed E-state index contributed by atoms with van der Waals surface area (Å²) < 4.78 is 3.25. The fourth-order valence-electron chi connectivity index (χ4n) is 2.31. The lowest BCUT2D eigenvalue weighted by atomic mass is 10.1. The highest BCUT2D eigenvalue weighted by Gasteiger charge is 2.03. The third kappa shape index (κ3) is 2.87. The van der Waals surface area contributed by atoms with Gasteiger partial charge in [-0.1, -0.05) is 30.3 Å². The molecule has 3 heteroatoms. The zero-order chi connectivity index (χ0) is 13.1. The van der Waals surface area contributed by atoms with Crippen LogP contribution in [0, 0.1) is 0 Å². The maximum absolute atomic E-state index is 4.43. The van der Waals surface area contributed by atoms with Crippen molar-refractivity contribution < 1.29 is 0 Å². The van der Waals surface area contributed by atoms with Gasteiger partial charge in [-0.3, -0.25) is 0 Å². The molecular weight excluding hydrogens is 300 g/mol. The first-order chi connectivity index (χ1) is 9.33. The molecule has 3 aromatic rings. The normalized spacial score (nSPS) is 11.0. The topological polar surface area (TPSA) is 17.3 Å². The lowest BCUT2D eigenvalue weighted by Crippen LogP contribution is -1.95. The molecule has 2 aromatic heterocycles. The minimum absolute atomic E-state index is 1.01. The summed E-state index contributed by atoms with van der Waals surface area (Å²) in [5.41, 5.74) is 3.68. The standard InChI is InChI=1S/C16H15BrN2/c17-14-9-10-16-18-11-15(19(16)12-14)8-4-7-13-5-2-1-3-6-13/h1-3,5-6,9-12H,4,7-8H2. The summed E-state index contributed by atoms with van der Waals surface area (Å²) in [7, 11) is 0. The molecule has 1 aromatic carbocycles. The number of aryl methyl sites for hydroxylation is 2. The minimum Gasteiger partial charge on any atom is -0.303 e. The van der Waals surface area contributed by atoms with Crippen LogP contribution in [0.4, 0.5) is 0 Å². The first kappa shape index (κ1) is 12.4. The average molecular weight is 315 g/mol. The molecule has 0 spiro atoms. The van der Waals surface area contributed by atoms with E-state index in [0.29, 0.717) is 0 Å². The quantitative estimate of drug-likeness (QED) is 0.703. The van der Waals surface area contributed by atoms with Gasteiger partial charge in [0.15, 0.2) is 0 Å². The molecule has 2 heterocycles. The molecule has 2 nitrogen and oxygen atoms in total. The number of rotatable bonds is 4. The molecular formula is C16H15BrN2. The van der Waals surface area contributed by atoms with Gasteiger partial charge in [0.2, 0.25) is 0 Å². The van der Waals surface area contributed by atoms with Crippen LogP contribution in [0.2, 0.25) is 0 Å². The zero-order valence-electron chi connectivity index (χ0n) is 10.6. The molecule has 0 N–H and O–H groups in total. The Hall–Kier alpha value is -1.61. The number of aromatic nitrogens is 2. The highest BCUT2D eigenvalue weighted by atomic mass is 79.9. The predicted octanol–water partition coefficient (Wildman–Crippen LogP) is 4.27. The molecule has 0 atom stereocenters. The molecule has 0 unspecified atom stereocenters. The van der Waals surface area contributed by atoms with Crippen LogP contribution >= 0.6 is 15.9 Å². The number of benzene rings is 1. The monoisotopic (exact) mass is 314 g/mol. The van der Waals surface area contributed by atoms with Crippen LogP contribution in [0.15, 0.2) is 59.3 Å². The van der Waals surface area contributed by atoms with Gasteiger partial charge in [-0.05, 0) is 52.9 Å². The molecule has 0 saturated carbocycles. The van der Waals surface area contributed by atoms with Crippen LogP contribution in [-0.2, 0) is 12.8 Å². The fourth-order valence-corrected chi connectivity index (χ4v) is 2.65. The zero-order valence-corrected chi connectivity index (χ0v) is 12.2. The molecule has 0 aliphatic heterocycles. The minimum atomic E-state index is 1.01. The molecule has 0 fully saturated rings. The molecule has 0 saturated heterocycles. The molecule has 0 radical (unpaired) electrons. The van der Waals surface area contributed by atoms with Crippen molar-refractivity contribution in [2.75, 3.05) is 0 Å². The second-order valence-electron chi connectivity index (χ2n) is 4.66. The third-order valence-corrected chi connectivity index (χ3v) is 3.76. The van der Waals surface area contributed by atoms with E-state index in [9.17, 15) is 0 Å². The summed E-state index contributed by atoms with van der Waals surface area (Å²) in [6.07, 6.45) is 7.37. The summed E-state index contributed by atoms with van der Waals surface area (Å²) in [4.78, 5) is 4.43. The Morgan fingerprint density at radius 2 is 1.84 bits per heavy atom. The van der Waals surface area contributed by atoms with Gasteiger partial charge in [0.25, 0.3) is 0 Å². The van der Waals surface area contributed by atoms with Crippen molar-refractivity contribution in [2.45, 2.75) is 19.3 Å². The summed E-state index contributed by atoms with van der Waals surface area (Å²) in [6.45, 7) is 0. The van der Waals surface area contributed by atoms with Gasteiger partial charge in [0, 0.05) is 22.6 Å². The fraction of sp³-hybridized carbons (Fsp3) is 0.188. The summed E-state index contributed by atoms with van der Waals surface area (Å²) in [6, 6.07) is 14.7. The van der Waals surface area contributed by atoms with Crippen LogP contribution in [0.1, 0.15) is 17.7 Å². The lowest BCUT2D eigenvalue weighted by Gasteiger charge is -2.03. The Balaban J connectivity index is 1.70. The molecule has 0 aliphatic carbocycles. The van der Waals surface area contributed by atoms with E-state index < -0.39 is 0 Å². The molecule has 0 bridgehead atoms. The van der Waals surface area contributed by atoms with Crippen LogP contribution < -0.4 is 0 Å². The van der Waals surface area contributed by atoms with Gasteiger partial charge in [-0.2, -0.15) is 0 Å². The average Bonchev–Trinajstić information content (AvgIpc) is 2.83. The summed E-state index contributed by atoms with van der Waals surface area (Å²) >= 11 is 3.51. The Labute approximate surface area is 121 Å². The highest BCUT2D eigenvalue weighted by Crippen LogP contribution is 2.15. The third-order valence-electron chi connectivity index (χ3n) is 3.29. The molecule has 0 aliphatic rings. The Morgan fingerprint density at radius 3 is 2.68 bits per heavy atom. The van der Waals surface area contributed by atoms with E-state index in [0.717, 1.165) is 29.4 Å². The number of hydrogen-bond donors (Lipinski definition) is 0. The maximum Gasteiger partial charge on any atom is 0.136 e. The van der Waals surface area contributed by atoms with Crippen molar-refractivity contribution in [1.82, 2.24) is 9.38 Å². The van der Waals surface area contributed by atoms with Crippen LogP contribution in [0.25, 0.3) is 5.65 Å². The number of nitrogens with zero attached hydrogens (tertiary/aromatic N) is 2. The van der Waals surface area contributed by atoms with Gasteiger partial charge < -0.3 is 4.40 Å². The van der Waals surface area contributed by atoms with E-state index in [4.69, 9.17) is 0 Å². The Kier molecular flexibility index (Phi) is 3.65. The molecule has 0 amide bonds. The van der Waals surface area contributed by atoms with Crippen LogP contribution in [0.5, 0.6) is 0 Å².